The average Bonchev–Trinajstić information content (AvgIpc) is 2.42. The molecule has 0 spiro atoms. The summed E-state index contributed by atoms with van der Waals surface area (Å²) in [5.74, 6) is -0.0828. The van der Waals surface area contributed by atoms with Crippen LogP contribution in [0.25, 0.3) is 0 Å². The van der Waals surface area contributed by atoms with Crippen molar-refractivity contribution in [2.45, 2.75) is 33.2 Å². The quantitative estimate of drug-likeness (QED) is 0.663. The first-order valence-corrected chi connectivity index (χ1v) is 7.02. The van der Waals surface area contributed by atoms with Crippen LogP contribution in [0.1, 0.15) is 25.8 Å². The molecule has 5 heteroatoms. The number of aliphatic hydroxyl groups is 1. The molecule has 1 aromatic carbocycles. The van der Waals surface area contributed by atoms with E-state index < -0.39 is 0 Å². The minimum atomic E-state index is -0.289. The van der Waals surface area contributed by atoms with Crippen LogP contribution < -0.4 is 11.1 Å². The molecule has 1 atom stereocenters. The topological polar surface area (TPSA) is 78.6 Å². The summed E-state index contributed by atoms with van der Waals surface area (Å²) in [6, 6.07) is 5.18. The maximum atomic E-state index is 12.3. The first-order valence-electron chi connectivity index (χ1n) is 7.02. The van der Waals surface area contributed by atoms with E-state index in [4.69, 9.17) is 10.8 Å². The Morgan fingerprint density at radius 2 is 2.15 bits per heavy atom. The van der Waals surface area contributed by atoms with E-state index in [1.165, 1.54) is 0 Å². The third kappa shape index (κ3) is 4.21. The van der Waals surface area contributed by atoms with E-state index >= 15 is 0 Å². The van der Waals surface area contributed by atoms with Crippen molar-refractivity contribution in [3.8, 4) is 0 Å². The lowest BCUT2D eigenvalue weighted by molar-refractivity contribution is -0.120. The lowest BCUT2D eigenvalue weighted by Crippen LogP contribution is -2.43. The molecule has 1 rings (SSSR count). The number of anilines is 2. The molecule has 0 aliphatic heterocycles. The van der Waals surface area contributed by atoms with Crippen LogP contribution in [0, 0.1) is 6.92 Å². The summed E-state index contributed by atoms with van der Waals surface area (Å²) >= 11 is 0. The number of carbonyl (C=O) groups is 1. The summed E-state index contributed by atoms with van der Waals surface area (Å²) in [5, 5.41) is 12.0. The molecule has 0 aliphatic carbocycles. The Bertz CT molecular complexity index is 443. The monoisotopic (exact) mass is 279 g/mol. The fraction of sp³-hybridized carbons (Fsp3) is 0.533. The molecule has 0 fully saturated rings. The van der Waals surface area contributed by atoms with E-state index in [1.807, 2.05) is 36.9 Å². The second-order valence-electron chi connectivity index (χ2n) is 4.94. The van der Waals surface area contributed by atoms with Gasteiger partial charge in [0.15, 0.2) is 0 Å². The molecule has 1 aromatic rings. The van der Waals surface area contributed by atoms with Crippen molar-refractivity contribution >= 4 is 17.3 Å². The van der Waals surface area contributed by atoms with E-state index in [0.717, 1.165) is 24.2 Å². The fourth-order valence-corrected chi connectivity index (χ4v) is 2.11. The molecule has 0 saturated heterocycles. The van der Waals surface area contributed by atoms with Crippen LogP contribution in [0.5, 0.6) is 0 Å². The standard InChI is InChI=1S/C15H25N3O2/c1-4-8-18(9-10-19)12(3)15(20)17-14-7-5-6-13(16)11(14)2/h5-7,12,19H,4,8-10,16H2,1-3H3,(H,17,20). The second-order valence-corrected chi connectivity index (χ2v) is 4.94. The molecule has 1 unspecified atom stereocenters. The number of nitrogens with zero attached hydrogens (tertiary/aromatic N) is 1. The van der Waals surface area contributed by atoms with Gasteiger partial charge in [-0.05, 0) is 44.5 Å². The highest BCUT2D eigenvalue weighted by Crippen LogP contribution is 2.20. The first-order chi connectivity index (χ1) is 9.51. The number of nitrogen functional groups attached to an aromatic ring is 1. The summed E-state index contributed by atoms with van der Waals surface area (Å²) < 4.78 is 0. The van der Waals surface area contributed by atoms with Crippen LogP contribution in [0.3, 0.4) is 0 Å². The van der Waals surface area contributed by atoms with Gasteiger partial charge in [0, 0.05) is 17.9 Å². The van der Waals surface area contributed by atoms with Gasteiger partial charge in [0.2, 0.25) is 5.91 Å². The highest BCUT2D eigenvalue weighted by Gasteiger charge is 2.20. The van der Waals surface area contributed by atoms with Crippen LogP contribution in [0.2, 0.25) is 0 Å². The molecule has 0 bridgehead atoms. The highest BCUT2D eigenvalue weighted by atomic mass is 16.3. The van der Waals surface area contributed by atoms with Crippen molar-refractivity contribution in [3.63, 3.8) is 0 Å². The van der Waals surface area contributed by atoms with Crippen molar-refractivity contribution in [1.29, 1.82) is 0 Å². The third-order valence-corrected chi connectivity index (χ3v) is 3.46. The maximum Gasteiger partial charge on any atom is 0.241 e. The van der Waals surface area contributed by atoms with Crippen molar-refractivity contribution in [2.75, 3.05) is 30.7 Å². The van der Waals surface area contributed by atoms with Gasteiger partial charge in [0.05, 0.1) is 12.6 Å². The van der Waals surface area contributed by atoms with Gasteiger partial charge >= 0.3 is 0 Å². The lowest BCUT2D eigenvalue weighted by Gasteiger charge is -2.27. The Balaban J connectivity index is 2.76. The number of carbonyl (C=O) groups excluding carboxylic acids is 1. The van der Waals surface area contributed by atoms with Crippen LogP contribution in [-0.2, 0) is 4.79 Å². The maximum absolute atomic E-state index is 12.3. The van der Waals surface area contributed by atoms with Gasteiger partial charge in [0.1, 0.15) is 0 Å². The number of hydrogen-bond acceptors (Lipinski definition) is 4. The fourth-order valence-electron chi connectivity index (χ4n) is 2.11. The van der Waals surface area contributed by atoms with Crippen LogP contribution in [0.4, 0.5) is 11.4 Å². The lowest BCUT2D eigenvalue weighted by atomic mass is 10.1. The predicted molar refractivity (Wildman–Crippen MR) is 82.6 cm³/mol. The van der Waals surface area contributed by atoms with Gasteiger partial charge in [-0.2, -0.15) is 0 Å². The smallest absolute Gasteiger partial charge is 0.241 e. The van der Waals surface area contributed by atoms with Crippen LogP contribution in [-0.4, -0.2) is 41.7 Å². The number of nitrogens with one attached hydrogen (secondary N) is 1. The SMILES string of the molecule is CCCN(CCO)C(C)C(=O)Nc1cccc(N)c1C. The normalized spacial score (nSPS) is 12.4. The van der Waals surface area contributed by atoms with E-state index in [1.54, 1.807) is 0 Å². The predicted octanol–water partition coefficient (Wildman–Crippen LogP) is 1.61. The Morgan fingerprint density at radius 1 is 1.45 bits per heavy atom. The van der Waals surface area contributed by atoms with Crippen LogP contribution >= 0.6 is 0 Å². The first kappa shape index (κ1) is 16.5. The Kier molecular flexibility index (Phi) is 6.48. The minimum absolute atomic E-state index is 0.0505. The molecule has 5 nitrogen and oxygen atoms in total. The number of hydrogen-bond donors (Lipinski definition) is 3. The molecule has 20 heavy (non-hydrogen) atoms. The van der Waals surface area contributed by atoms with E-state index in [-0.39, 0.29) is 18.6 Å². The molecular weight excluding hydrogens is 254 g/mol. The summed E-state index contributed by atoms with van der Waals surface area (Å²) in [7, 11) is 0. The van der Waals surface area contributed by atoms with Gasteiger partial charge in [-0.1, -0.05) is 13.0 Å². The number of aliphatic hydroxyl groups excluding tert-OH is 1. The summed E-state index contributed by atoms with van der Waals surface area (Å²) in [6.07, 6.45) is 0.939. The van der Waals surface area contributed by atoms with Crippen molar-refractivity contribution in [2.24, 2.45) is 0 Å². The molecule has 0 radical (unpaired) electrons. The van der Waals surface area contributed by atoms with Crippen molar-refractivity contribution in [3.05, 3.63) is 23.8 Å². The van der Waals surface area contributed by atoms with Gasteiger partial charge in [-0.25, -0.2) is 0 Å². The zero-order valence-corrected chi connectivity index (χ0v) is 12.5. The summed E-state index contributed by atoms with van der Waals surface area (Å²) in [4.78, 5) is 14.3. The molecule has 0 heterocycles. The molecule has 0 saturated carbocycles. The van der Waals surface area contributed by atoms with Gasteiger partial charge in [-0.15, -0.1) is 0 Å². The number of nitrogens with two attached hydrogens (primary N) is 1. The highest BCUT2D eigenvalue weighted by molar-refractivity contribution is 5.95. The molecular formula is C15H25N3O2. The Labute approximate surface area is 120 Å². The Morgan fingerprint density at radius 3 is 2.75 bits per heavy atom. The van der Waals surface area contributed by atoms with Crippen LogP contribution in [0.15, 0.2) is 18.2 Å². The molecule has 1 amide bonds. The Hall–Kier alpha value is -1.59. The molecule has 0 aliphatic rings. The zero-order valence-electron chi connectivity index (χ0n) is 12.5. The second kappa shape index (κ2) is 7.87. The van der Waals surface area contributed by atoms with Crippen molar-refractivity contribution in [1.82, 2.24) is 4.90 Å². The number of benzene rings is 1. The van der Waals surface area contributed by atoms with E-state index in [2.05, 4.69) is 12.2 Å². The summed E-state index contributed by atoms with van der Waals surface area (Å²) in [6.45, 7) is 7.12. The van der Waals surface area contributed by atoms with Crippen molar-refractivity contribution < 1.29 is 9.90 Å². The summed E-state index contributed by atoms with van der Waals surface area (Å²) in [5.41, 5.74) is 8.11. The minimum Gasteiger partial charge on any atom is -0.398 e. The number of amides is 1. The molecule has 4 N–H and O–H groups in total. The molecule has 0 aromatic heterocycles. The van der Waals surface area contributed by atoms with Gasteiger partial charge in [0.25, 0.3) is 0 Å². The van der Waals surface area contributed by atoms with Gasteiger partial charge < -0.3 is 16.2 Å². The van der Waals surface area contributed by atoms with E-state index in [9.17, 15) is 4.79 Å². The van der Waals surface area contributed by atoms with E-state index in [0.29, 0.717) is 12.2 Å². The zero-order chi connectivity index (χ0) is 15.1. The largest absolute Gasteiger partial charge is 0.398 e. The van der Waals surface area contributed by atoms with Gasteiger partial charge in [-0.3, -0.25) is 9.69 Å². The number of rotatable bonds is 7. The molecule has 112 valence electrons. The average molecular weight is 279 g/mol. The third-order valence-electron chi connectivity index (χ3n) is 3.46.